The molecule has 0 saturated heterocycles. The van der Waals surface area contributed by atoms with Gasteiger partial charge in [0.1, 0.15) is 11.3 Å². The Kier molecular flexibility index (Phi) is 6.11. The first-order valence-corrected chi connectivity index (χ1v) is 7.54. The SMILES string of the molecule is Cc1cccc(C(=O)OCC(=O)NC(=O)NCc2ccccc2)c1O. The lowest BCUT2D eigenvalue weighted by molar-refractivity contribution is -0.123. The fraction of sp³-hybridized carbons (Fsp3) is 0.167. The zero-order valence-corrected chi connectivity index (χ0v) is 13.6. The van der Waals surface area contributed by atoms with Crippen molar-refractivity contribution in [3.63, 3.8) is 0 Å². The Labute approximate surface area is 144 Å². The van der Waals surface area contributed by atoms with Crippen LogP contribution in [0.3, 0.4) is 0 Å². The highest BCUT2D eigenvalue weighted by atomic mass is 16.5. The molecule has 0 fully saturated rings. The smallest absolute Gasteiger partial charge is 0.342 e. The van der Waals surface area contributed by atoms with Crippen LogP contribution in [0.5, 0.6) is 5.75 Å². The van der Waals surface area contributed by atoms with Crippen molar-refractivity contribution >= 4 is 17.9 Å². The first kappa shape index (κ1) is 18.0. The summed E-state index contributed by atoms with van der Waals surface area (Å²) >= 11 is 0. The molecule has 0 aliphatic rings. The van der Waals surface area contributed by atoms with Gasteiger partial charge in [-0.1, -0.05) is 42.5 Å². The van der Waals surface area contributed by atoms with E-state index in [4.69, 9.17) is 4.74 Å². The van der Waals surface area contributed by atoms with Gasteiger partial charge in [0.15, 0.2) is 6.61 Å². The molecule has 0 saturated carbocycles. The molecule has 0 bridgehead atoms. The van der Waals surface area contributed by atoms with E-state index >= 15 is 0 Å². The molecule has 0 unspecified atom stereocenters. The molecule has 2 aromatic rings. The highest BCUT2D eigenvalue weighted by molar-refractivity contribution is 5.97. The Bertz CT molecular complexity index is 774. The van der Waals surface area contributed by atoms with Gasteiger partial charge in [-0.15, -0.1) is 0 Å². The first-order valence-electron chi connectivity index (χ1n) is 7.54. The van der Waals surface area contributed by atoms with E-state index in [9.17, 15) is 19.5 Å². The minimum absolute atomic E-state index is 0.0404. The molecule has 0 aliphatic carbocycles. The zero-order chi connectivity index (χ0) is 18.2. The van der Waals surface area contributed by atoms with Crippen LogP contribution in [0.4, 0.5) is 4.79 Å². The summed E-state index contributed by atoms with van der Waals surface area (Å²) in [4.78, 5) is 35.1. The van der Waals surface area contributed by atoms with Crippen LogP contribution in [0.2, 0.25) is 0 Å². The molecule has 3 N–H and O–H groups in total. The maximum Gasteiger partial charge on any atom is 0.342 e. The zero-order valence-electron chi connectivity index (χ0n) is 13.6. The van der Waals surface area contributed by atoms with Crippen LogP contribution in [-0.4, -0.2) is 29.6 Å². The summed E-state index contributed by atoms with van der Waals surface area (Å²) in [6.45, 7) is 1.26. The molecule has 0 spiro atoms. The van der Waals surface area contributed by atoms with Gasteiger partial charge in [0.05, 0.1) is 0 Å². The van der Waals surface area contributed by atoms with Gasteiger partial charge < -0.3 is 15.2 Å². The van der Waals surface area contributed by atoms with Crippen LogP contribution >= 0.6 is 0 Å². The van der Waals surface area contributed by atoms with Crippen molar-refractivity contribution in [2.75, 3.05) is 6.61 Å². The van der Waals surface area contributed by atoms with E-state index in [1.807, 2.05) is 30.3 Å². The number of aromatic hydroxyl groups is 1. The van der Waals surface area contributed by atoms with E-state index < -0.39 is 24.5 Å². The number of imide groups is 1. The number of hydrogen-bond donors (Lipinski definition) is 3. The Balaban J connectivity index is 1.77. The third-order valence-corrected chi connectivity index (χ3v) is 3.34. The van der Waals surface area contributed by atoms with Crippen molar-refractivity contribution in [3.05, 3.63) is 65.2 Å². The number of nitrogens with one attached hydrogen (secondary N) is 2. The topological polar surface area (TPSA) is 105 Å². The second-order valence-corrected chi connectivity index (χ2v) is 5.26. The molecule has 0 aromatic heterocycles. The number of esters is 1. The van der Waals surface area contributed by atoms with Crippen molar-refractivity contribution in [3.8, 4) is 5.75 Å². The van der Waals surface area contributed by atoms with Gasteiger partial charge in [-0.2, -0.15) is 0 Å². The van der Waals surface area contributed by atoms with Gasteiger partial charge >= 0.3 is 12.0 Å². The Morgan fingerprint density at radius 3 is 2.48 bits per heavy atom. The summed E-state index contributed by atoms with van der Waals surface area (Å²) in [5.41, 5.74) is 1.35. The Hall–Kier alpha value is -3.35. The predicted octanol–water partition coefficient (Wildman–Crippen LogP) is 1.88. The quantitative estimate of drug-likeness (QED) is 0.720. The Morgan fingerprint density at radius 1 is 1.04 bits per heavy atom. The number of para-hydroxylation sites is 1. The third-order valence-electron chi connectivity index (χ3n) is 3.34. The molecule has 7 nitrogen and oxygen atoms in total. The fourth-order valence-electron chi connectivity index (χ4n) is 2.02. The summed E-state index contributed by atoms with van der Waals surface area (Å²) in [5.74, 6) is -1.82. The van der Waals surface area contributed by atoms with Crippen LogP contribution in [-0.2, 0) is 16.1 Å². The minimum atomic E-state index is -0.846. The number of phenols is 1. The molecule has 130 valence electrons. The van der Waals surface area contributed by atoms with Gasteiger partial charge in [-0.05, 0) is 24.1 Å². The molecule has 0 aliphatic heterocycles. The van der Waals surface area contributed by atoms with E-state index in [-0.39, 0.29) is 17.9 Å². The van der Waals surface area contributed by atoms with Crippen LogP contribution in [0, 0.1) is 6.92 Å². The van der Waals surface area contributed by atoms with E-state index in [0.717, 1.165) is 5.56 Å². The number of aryl methyl sites for hydroxylation is 1. The summed E-state index contributed by atoms with van der Waals surface area (Å²) in [7, 11) is 0. The summed E-state index contributed by atoms with van der Waals surface area (Å²) < 4.78 is 4.80. The van der Waals surface area contributed by atoms with Gasteiger partial charge in [-0.3, -0.25) is 10.1 Å². The number of hydrogen-bond acceptors (Lipinski definition) is 5. The summed E-state index contributed by atoms with van der Waals surface area (Å²) in [6, 6.07) is 13.1. The van der Waals surface area contributed by atoms with Crippen molar-refractivity contribution in [1.29, 1.82) is 0 Å². The lowest BCUT2D eigenvalue weighted by atomic mass is 10.1. The van der Waals surface area contributed by atoms with Crippen LogP contribution in [0.1, 0.15) is 21.5 Å². The van der Waals surface area contributed by atoms with E-state index in [0.29, 0.717) is 5.56 Å². The number of carbonyl (C=O) groups excluding carboxylic acids is 3. The average Bonchev–Trinajstić information content (AvgIpc) is 2.61. The molecule has 25 heavy (non-hydrogen) atoms. The molecule has 0 heterocycles. The molecular formula is C18H18N2O5. The summed E-state index contributed by atoms with van der Waals surface area (Å²) in [5, 5.41) is 14.4. The van der Waals surface area contributed by atoms with E-state index in [1.165, 1.54) is 6.07 Å². The molecule has 2 rings (SSSR count). The fourth-order valence-corrected chi connectivity index (χ4v) is 2.02. The number of ether oxygens (including phenoxy) is 1. The van der Waals surface area contributed by atoms with Crippen molar-refractivity contribution in [1.82, 2.24) is 10.6 Å². The van der Waals surface area contributed by atoms with Crippen LogP contribution < -0.4 is 10.6 Å². The largest absolute Gasteiger partial charge is 0.507 e. The number of benzene rings is 2. The normalized spacial score (nSPS) is 9.96. The monoisotopic (exact) mass is 342 g/mol. The molecule has 3 amide bonds. The molecule has 2 aromatic carbocycles. The summed E-state index contributed by atoms with van der Waals surface area (Å²) in [6.07, 6.45) is 0. The van der Waals surface area contributed by atoms with E-state index in [2.05, 4.69) is 10.6 Å². The molecule has 0 atom stereocenters. The highest BCUT2D eigenvalue weighted by Gasteiger charge is 2.16. The first-order chi connectivity index (χ1) is 12.0. The predicted molar refractivity (Wildman–Crippen MR) is 89.9 cm³/mol. The van der Waals surface area contributed by atoms with Crippen LogP contribution in [0.15, 0.2) is 48.5 Å². The number of phenolic OH excluding ortho intramolecular Hbond substituents is 1. The number of rotatable bonds is 5. The number of carbonyl (C=O) groups is 3. The minimum Gasteiger partial charge on any atom is -0.507 e. The lowest BCUT2D eigenvalue weighted by Gasteiger charge is -2.09. The maximum atomic E-state index is 11.9. The van der Waals surface area contributed by atoms with Gasteiger partial charge in [0.25, 0.3) is 5.91 Å². The number of amides is 3. The molecular weight excluding hydrogens is 324 g/mol. The number of urea groups is 1. The second kappa shape index (κ2) is 8.49. The van der Waals surface area contributed by atoms with Crippen molar-refractivity contribution < 1.29 is 24.2 Å². The lowest BCUT2D eigenvalue weighted by Crippen LogP contribution is -2.41. The van der Waals surface area contributed by atoms with Gasteiger partial charge in [-0.25, -0.2) is 9.59 Å². The van der Waals surface area contributed by atoms with Crippen molar-refractivity contribution in [2.45, 2.75) is 13.5 Å². The van der Waals surface area contributed by atoms with Gasteiger partial charge in [0.2, 0.25) is 0 Å². The standard InChI is InChI=1S/C18H18N2O5/c1-12-6-5-9-14(16(12)22)17(23)25-11-15(21)20-18(24)19-10-13-7-3-2-4-8-13/h2-9,22H,10-11H2,1H3,(H2,19,20,21,24). The van der Waals surface area contributed by atoms with E-state index in [1.54, 1.807) is 19.1 Å². The third kappa shape index (κ3) is 5.35. The highest BCUT2D eigenvalue weighted by Crippen LogP contribution is 2.21. The molecule has 7 heteroatoms. The maximum absolute atomic E-state index is 11.9. The van der Waals surface area contributed by atoms with Crippen molar-refractivity contribution in [2.24, 2.45) is 0 Å². The average molecular weight is 342 g/mol. The second-order valence-electron chi connectivity index (χ2n) is 5.26. The Morgan fingerprint density at radius 2 is 1.76 bits per heavy atom. The van der Waals surface area contributed by atoms with Gasteiger partial charge in [0, 0.05) is 6.54 Å². The van der Waals surface area contributed by atoms with Crippen LogP contribution in [0.25, 0.3) is 0 Å². The molecule has 0 radical (unpaired) electrons.